The maximum atomic E-state index is 4.81. The van der Waals surface area contributed by atoms with E-state index >= 15 is 0 Å². The number of nitrogens with one attached hydrogen (secondary N) is 1. The minimum atomic E-state index is 0.405. The molecule has 0 aromatic carbocycles. The average molecular weight is 282 g/mol. The van der Waals surface area contributed by atoms with Crippen molar-refractivity contribution < 1.29 is 0 Å². The van der Waals surface area contributed by atoms with Crippen molar-refractivity contribution in [1.29, 1.82) is 0 Å². The first-order valence-corrected chi connectivity index (χ1v) is 7.87. The van der Waals surface area contributed by atoms with Gasteiger partial charge < -0.3 is 5.32 Å². The lowest BCUT2D eigenvalue weighted by Gasteiger charge is -2.25. The van der Waals surface area contributed by atoms with Crippen molar-refractivity contribution in [3.05, 3.63) is 41.3 Å². The van der Waals surface area contributed by atoms with Crippen LogP contribution < -0.4 is 5.32 Å². The van der Waals surface area contributed by atoms with E-state index < -0.39 is 0 Å². The van der Waals surface area contributed by atoms with E-state index in [9.17, 15) is 0 Å². The Balaban J connectivity index is 1.99. The molecule has 2 aromatic rings. The van der Waals surface area contributed by atoms with E-state index in [1.54, 1.807) is 0 Å². The molecule has 1 unspecified atom stereocenters. The molecule has 0 amide bonds. The summed E-state index contributed by atoms with van der Waals surface area (Å²) in [4.78, 5) is 13.9. The zero-order valence-corrected chi connectivity index (χ0v) is 12.8. The molecule has 1 atom stereocenters. The molecule has 1 aliphatic carbocycles. The summed E-state index contributed by atoms with van der Waals surface area (Å²) in [7, 11) is 0. The molecule has 1 N–H and O–H groups in total. The van der Waals surface area contributed by atoms with Crippen LogP contribution in [0.1, 0.15) is 49.6 Å². The highest BCUT2D eigenvalue weighted by Crippen LogP contribution is 2.29. The highest BCUT2D eigenvalue weighted by molar-refractivity contribution is 5.55. The summed E-state index contributed by atoms with van der Waals surface area (Å²) in [6.45, 7) is 5.26. The Hall–Kier alpha value is -1.81. The van der Waals surface area contributed by atoms with Crippen LogP contribution in [0.2, 0.25) is 0 Å². The van der Waals surface area contributed by atoms with E-state index in [1.165, 1.54) is 29.7 Å². The Kier molecular flexibility index (Phi) is 4.25. The van der Waals surface area contributed by atoms with Gasteiger partial charge in [0, 0.05) is 29.7 Å². The van der Waals surface area contributed by atoms with Gasteiger partial charge >= 0.3 is 0 Å². The molecule has 4 nitrogen and oxygen atoms in total. The zero-order valence-electron chi connectivity index (χ0n) is 12.8. The molecule has 0 radical (unpaired) electrons. The summed E-state index contributed by atoms with van der Waals surface area (Å²) in [5.74, 6) is 0.767. The Bertz CT molecular complexity index is 624. The predicted octanol–water partition coefficient (Wildman–Crippen LogP) is 3.09. The lowest BCUT2D eigenvalue weighted by Crippen LogP contribution is -2.26. The lowest BCUT2D eigenvalue weighted by atomic mass is 9.92. The zero-order chi connectivity index (χ0) is 14.7. The lowest BCUT2D eigenvalue weighted by molar-refractivity contribution is 0.464. The first kappa shape index (κ1) is 14.1. The van der Waals surface area contributed by atoms with Crippen LogP contribution >= 0.6 is 0 Å². The number of pyridine rings is 1. The summed E-state index contributed by atoms with van der Waals surface area (Å²) in [6.07, 6.45) is 8.17. The van der Waals surface area contributed by atoms with Crippen LogP contribution in [0.25, 0.3) is 11.5 Å². The first-order chi connectivity index (χ1) is 10.3. The summed E-state index contributed by atoms with van der Waals surface area (Å²) < 4.78 is 0. The normalized spacial score (nSPS) is 17.5. The minimum absolute atomic E-state index is 0.405. The third kappa shape index (κ3) is 2.81. The van der Waals surface area contributed by atoms with E-state index in [2.05, 4.69) is 35.2 Å². The monoisotopic (exact) mass is 282 g/mol. The van der Waals surface area contributed by atoms with Gasteiger partial charge in [0.15, 0.2) is 5.82 Å². The van der Waals surface area contributed by atoms with E-state index in [-0.39, 0.29) is 0 Å². The molecular weight excluding hydrogens is 260 g/mol. The average Bonchev–Trinajstić information content (AvgIpc) is 2.55. The summed E-state index contributed by atoms with van der Waals surface area (Å²) in [5, 5.41) is 3.53. The second kappa shape index (κ2) is 6.31. The number of fused-ring (bicyclic) bond motifs is 1. The third-order valence-electron chi connectivity index (χ3n) is 4.12. The quantitative estimate of drug-likeness (QED) is 0.936. The number of hydrogen-bond donors (Lipinski definition) is 1. The molecule has 2 aromatic heterocycles. The van der Waals surface area contributed by atoms with Gasteiger partial charge in [-0.05, 0) is 43.9 Å². The Morgan fingerprint density at radius 2 is 2.19 bits per heavy atom. The van der Waals surface area contributed by atoms with Gasteiger partial charge in [-0.25, -0.2) is 9.97 Å². The molecule has 4 heteroatoms. The van der Waals surface area contributed by atoms with Gasteiger partial charge in [0.25, 0.3) is 0 Å². The van der Waals surface area contributed by atoms with Crippen molar-refractivity contribution in [2.45, 2.75) is 45.6 Å². The molecule has 1 aliphatic rings. The molecule has 3 rings (SSSR count). The van der Waals surface area contributed by atoms with Crippen LogP contribution in [0, 0.1) is 0 Å². The van der Waals surface area contributed by atoms with Crippen molar-refractivity contribution in [2.75, 3.05) is 6.54 Å². The largest absolute Gasteiger partial charge is 0.310 e. The highest BCUT2D eigenvalue weighted by Gasteiger charge is 2.22. The van der Waals surface area contributed by atoms with Crippen LogP contribution in [0.15, 0.2) is 24.5 Å². The van der Waals surface area contributed by atoms with E-state index in [0.717, 1.165) is 30.9 Å². The van der Waals surface area contributed by atoms with Crippen LogP contribution in [-0.2, 0) is 12.8 Å². The number of aromatic nitrogens is 3. The Morgan fingerprint density at radius 3 is 3.00 bits per heavy atom. The highest BCUT2D eigenvalue weighted by atomic mass is 15.0. The first-order valence-electron chi connectivity index (χ1n) is 7.87. The Labute approximate surface area is 126 Å². The molecule has 0 spiro atoms. The molecule has 110 valence electrons. The van der Waals surface area contributed by atoms with E-state index in [4.69, 9.17) is 4.98 Å². The molecule has 0 saturated carbocycles. The van der Waals surface area contributed by atoms with Gasteiger partial charge in [0.1, 0.15) is 5.69 Å². The van der Waals surface area contributed by atoms with Crippen molar-refractivity contribution >= 4 is 0 Å². The van der Waals surface area contributed by atoms with Gasteiger partial charge in [0.05, 0.1) is 0 Å². The number of hydrogen-bond acceptors (Lipinski definition) is 4. The van der Waals surface area contributed by atoms with Crippen LogP contribution in [-0.4, -0.2) is 21.5 Å². The smallest absolute Gasteiger partial charge is 0.178 e. The standard InChI is InChI=1S/C17H22N4/c1-3-12-7-6-10-19-16(12)17-20-11-13-14(18-4-2)8-5-9-15(13)21-17/h6-7,10-11,14,18H,3-5,8-9H2,1-2H3. The third-order valence-corrected chi connectivity index (χ3v) is 4.12. The van der Waals surface area contributed by atoms with Gasteiger partial charge in [-0.3, -0.25) is 4.98 Å². The van der Waals surface area contributed by atoms with Crippen molar-refractivity contribution in [3.63, 3.8) is 0 Å². The fourth-order valence-electron chi connectivity index (χ4n) is 3.04. The van der Waals surface area contributed by atoms with E-state index in [1.807, 2.05) is 18.5 Å². The molecule has 21 heavy (non-hydrogen) atoms. The second-order valence-electron chi connectivity index (χ2n) is 5.46. The summed E-state index contributed by atoms with van der Waals surface area (Å²) >= 11 is 0. The van der Waals surface area contributed by atoms with Gasteiger partial charge in [0.2, 0.25) is 0 Å². The molecule has 0 aliphatic heterocycles. The number of aryl methyl sites for hydroxylation is 2. The SMILES string of the molecule is CCNC1CCCc2nc(-c3ncccc3CC)ncc21. The van der Waals surface area contributed by atoms with Crippen LogP contribution in [0.3, 0.4) is 0 Å². The van der Waals surface area contributed by atoms with Gasteiger partial charge in [-0.15, -0.1) is 0 Å². The predicted molar refractivity (Wildman–Crippen MR) is 84.0 cm³/mol. The minimum Gasteiger partial charge on any atom is -0.310 e. The maximum Gasteiger partial charge on any atom is 0.178 e. The summed E-state index contributed by atoms with van der Waals surface area (Å²) in [5.41, 5.74) is 4.58. The van der Waals surface area contributed by atoms with Crippen LogP contribution in [0.5, 0.6) is 0 Å². The molecule has 0 saturated heterocycles. The van der Waals surface area contributed by atoms with E-state index in [0.29, 0.717) is 6.04 Å². The molecule has 2 heterocycles. The molecular formula is C17H22N4. The van der Waals surface area contributed by atoms with Gasteiger partial charge in [-0.2, -0.15) is 0 Å². The maximum absolute atomic E-state index is 4.81. The van der Waals surface area contributed by atoms with Crippen LogP contribution in [0.4, 0.5) is 0 Å². The topological polar surface area (TPSA) is 50.7 Å². The number of rotatable bonds is 4. The Morgan fingerprint density at radius 1 is 1.29 bits per heavy atom. The molecule has 0 fully saturated rings. The fraction of sp³-hybridized carbons (Fsp3) is 0.471. The van der Waals surface area contributed by atoms with Crippen molar-refractivity contribution in [2.24, 2.45) is 0 Å². The fourth-order valence-corrected chi connectivity index (χ4v) is 3.04. The number of nitrogens with zero attached hydrogens (tertiary/aromatic N) is 3. The van der Waals surface area contributed by atoms with Crippen molar-refractivity contribution in [3.8, 4) is 11.5 Å². The second-order valence-corrected chi connectivity index (χ2v) is 5.46. The van der Waals surface area contributed by atoms with Gasteiger partial charge in [-0.1, -0.05) is 19.9 Å². The summed E-state index contributed by atoms with van der Waals surface area (Å²) in [6, 6.07) is 4.48. The molecule has 0 bridgehead atoms. The van der Waals surface area contributed by atoms with Crippen molar-refractivity contribution in [1.82, 2.24) is 20.3 Å².